The second-order valence-electron chi connectivity index (χ2n) is 5.38. The Balaban J connectivity index is 2.08. The lowest BCUT2D eigenvalue weighted by atomic mass is 10.0. The van der Waals surface area contributed by atoms with Gasteiger partial charge in [-0.25, -0.2) is 4.98 Å². The van der Waals surface area contributed by atoms with Crippen molar-refractivity contribution in [3.05, 3.63) is 29.6 Å². The van der Waals surface area contributed by atoms with E-state index in [0.29, 0.717) is 12.5 Å². The summed E-state index contributed by atoms with van der Waals surface area (Å²) < 4.78 is 13.4. The summed E-state index contributed by atoms with van der Waals surface area (Å²) in [6.45, 7) is 4.17. The van der Waals surface area contributed by atoms with Gasteiger partial charge < -0.3 is 14.0 Å². The van der Waals surface area contributed by atoms with Crippen LogP contribution < -0.4 is 0 Å². The number of hydrogen-bond donors (Lipinski definition) is 0. The number of fused-ring (bicyclic) bond motifs is 1. The number of aromatic nitrogens is 2. The Morgan fingerprint density at radius 2 is 2.35 bits per heavy atom. The van der Waals surface area contributed by atoms with Crippen molar-refractivity contribution in [2.24, 2.45) is 0 Å². The molecule has 0 aliphatic carbocycles. The number of benzene rings is 1. The highest BCUT2D eigenvalue weighted by Crippen LogP contribution is 2.29. The number of alkyl halides is 1. The first-order valence-corrected chi connectivity index (χ1v) is 7.36. The smallest absolute Gasteiger partial charge is 0.124 e. The van der Waals surface area contributed by atoms with Crippen molar-refractivity contribution < 1.29 is 9.47 Å². The fourth-order valence-electron chi connectivity index (χ4n) is 2.84. The lowest BCUT2D eigenvalue weighted by Crippen LogP contribution is -2.37. The number of rotatable bonds is 4. The van der Waals surface area contributed by atoms with E-state index >= 15 is 0 Å². The van der Waals surface area contributed by atoms with Crippen LogP contribution in [-0.4, -0.2) is 35.5 Å². The number of ether oxygens (including phenoxy) is 2. The molecule has 2 heterocycles. The monoisotopic (exact) mass is 294 g/mol. The molecule has 5 heteroatoms. The summed E-state index contributed by atoms with van der Waals surface area (Å²) in [5, 5.41) is 0. The highest BCUT2D eigenvalue weighted by atomic mass is 35.5. The molecule has 4 nitrogen and oxygen atoms in total. The van der Waals surface area contributed by atoms with E-state index in [1.807, 2.05) is 0 Å². The van der Waals surface area contributed by atoms with Gasteiger partial charge in [-0.3, -0.25) is 0 Å². The minimum Gasteiger partial charge on any atom is -0.378 e. The molecular weight excluding hydrogens is 276 g/mol. The first kappa shape index (κ1) is 13.9. The van der Waals surface area contributed by atoms with Gasteiger partial charge in [0.1, 0.15) is 11.4 Å². The fraction of sp³-hybridized carbons (Fsp3) is 0.533. The third kappa shape index (κ3) is 2.22. The van der Waals surface area contributed by atoms with E-state index in [9.17, 15) is 0 Å². The zero-order valence-corrected chi connectivity index (χ0v) is 12.6. The maximum absolute atomic E-state index is 6.07. The predicted molar refractivity (Wildman–Crippen MR) is 79.2 cm³/mol. The molecule has 2 aromatic rings. The lowest BCUT2D eigenvalue weighted by Gasteiger charge is -2.27. The summed E-state index contributed by atoms with van der Waals surface area (Å²) in [6, 6.07) is 6.21. The summed E-state index contributed by atoms with van der Waals surface area (Å²) in [5.41, 5.74) is 3.04. The van der Waals surface area contributed by atoms with Crippen LogP contribution in [0.3, 0.4) is 0 Å². The third-order valence-corrected chi connectivity index (χ3v) is 4.36. The van der Waals surface area contributed by atoms with E-state index in [1.54, 1.807) is 7.11 Å². The first-order chi connectivity index (χ1) is 9.69. The molecule has 0 saturated carbocycles. The number of methoxy groups -OCH3 is 1. The van der Waals surface area contributed by atoms with Gasteiger partial charge in [-0.2, -0.15) is 0 Å². The molecule has 1 saturated heterocycles. The van der Waals surface area contributed by atoms with Crippen LogP contribution in [0.25, 0.3) is 11.0 Å². The van der Waals surface area contributed by atoms with Crippen LogP contribution in [0.4, 0.5) is 0 Å². The van der Waals surface area contributed by atoms with Crippen molar-refractivity contribution in [3.63, 3.8) is 0 Å². The van der Waals surface area contributed by atoms with Crippen LogP contribution in [0.5, 0.6) is 0 Å². The maximum Gasteiger partial charge on any atom is 0.124 e. The quantitative estimate of drug-likeness (QED) is 0.814. The molecule has 0 radical (unpaired) electrons. The molecule has 1 atom stereocenters. The number of aryl methyl sites for hydroxylation is 1. The fourth-order valence-corrected chi connectivity index (χ4v) is 3.04. The third-order valence-electron chi connectivity index (χ3n) is 4.13. The Morgan fingerprint density at radius 3 is 3.00 bits per heavy atom. The maximum atomic E-state index is 6.07. The van der Waals surface area contributed by atoms with E-state index in [2.05, 4.69) is 34.7 Å². The second kappa shape index (κ2) is 5.35. The number of nitrogens with zero attached hydrogens (tertiary/aromatic N) is 2. The standard InChI is InChI=1S/C15H19ClN2O2/c1-11-4-3-5-12-14(11)17-13(8-16)18(12)9-15(19-2)6-7-20-10-15/h3-5H,6-10H2,1-2H3. The first-order valence-electron chi connectivity index (χ1n) is 6.83. The van der Waals surface area contributed by atoms with Crippen LogP contribution in [-0.2, 0) is 21.9 Å². The Hall–Kier alpha value is -1.10. The van der Waals surface area contributed by atoms with E-state index in [-0.39, 0.29) is 5.60 Å². The summed E-state index contributed by atoms with van der Waals surface area (Å²) in [4.78, 5) is 4.67. The van der Waals surface area contributed by atoms with Gasteiger partial charge in [0.2, 0.25) is 0 Å². The van der Waals surface area contributed by atoms with Crippen molar-refractivity contribution in [1.29, 1.82) is 0 Å². The Morgan fingerprint density at radius 1 is 1.50 bits per heavy atom. The van der Waals surface area contributed by atoms with Crippen LogP contribution in [0.2, 0.25) is 0 Å². The zero-order chi connectivity index (χ0) is 14.2. The van der Waals surface area contributed by atoms with Crippen molar-refractivity contribution in [2.45, 2.75) is 31.4 Å². The molecule has 0 spiro atoms. The van der Waals surface area contributed by atoms with Gasteiger partial charge in [-0.15, -0.1) is 11.6 Å². The SMILES string of the molecule is COC1(Cn2c(CCl)nc3c(C)cccc32)CCOC1. The minimum absolute atomic E-state index is 0.266. The van der Waals surface area contributed by atoms with Gasteiger partial charge in [-0.1, -0.05) is 12.1 Å². The molecule has 1 aromatic heterocycles. The molecule has 0 bridgehead atoms. The van der Waals surface area contributed by atoms with E-state index in [4.69, 9.17) is 21.1 Å². The summed E-state index contributed by atoms with van der Waals surface area (Å²) >= 11 is 6.07. The van der Waals surface area contributed by atoms with Crippen molar-refractivity contribution in [2.75, 3.05) is 20.3 Å². The van der Waals surface area contributed by atoms with Crippen molar-refractivity contribution >= 4 is 22.6 Å². The number of para-hydroxylation sites is 1. The van der Waals surface area contributed by atoms with E-state index in [1.165, 1.54) is 5.56 Å². The molecule has 20 heavy (non-hydrogen) atoms. The molecule has 1 aliphatic heterocycles. The Labute approximate surface area is 123 Å². The number of imidazole rings is 1. The molecule has 1 aliphatic rings. The molecule has 108 valence electrons. The Kier molecular flexibility index (Phi) is 3.71. The molecule has 1 unspecified atom stereocenters. The normalized spacial score (nSPS) is 22.8. The second-order valence-corrected chi connectivity index (χ2v) is 5.65. The highest BCUT2D eigenvalue weighted by Gasteiger charge is 2.36. The number of halogens is 1. The summed E-state index contributed by atoms with van der Waals surface area (Å²) in [6.07, 6.45) is 0.900. The zero-order valence-electron chi connectivity index (χ0n) is 11.9. The molecule has 0 amide bonds. The van der Waals surface area contributed by atoms with Gasteiger partial charge in [0.25, 0.3) is 0 Å². The van der Waals surface area contributed by atoms with Gasteiger partial charge in [0.05, 0.1) is 30.1 Å². The molecular formula is C15H19ClN2O2. The lowest BCUT2D eigenvalue weighted by molar-refractivity contribution is -0.0291. The van der Waals surface area contributed by atoms with Crippen LogP contribution in [0.15, 0.2) is 18.2 Å². The number of hydrogen-bond acceptors (Lipinski definition) is 3. The van der Waals surface area contributed by atoms with Crippen LogP contribution in [0, 0.1) is 6.92 Å². The van der Waals surface area contributed by atoms with Gasteiger partial charge in [0, 0.05) is 20.1 Å². The summed E-state index contributed by atoms with van der Waals surface area (Å²) in [7, 11) is 1.75. The van der Waals surface area contributed by atoms with E-state index in [0.717, 1.165) is 36.4 Å². The molecule has 1 fully saturated rings. The van der Waals surface area contributed by atoms with Crippen molar-refractivity contribution in [1.82, 2.24) is 9.55 Å². The molecule has 3 rings (SSSR count). The van der Waals surface area contributed by atoms with Crippen LogP contribution in [0.1, 0.15) is 17.8 Å². The van der Waals surface area contributed by atoms with Gasteiger partial charge in [0.15, 0.2) is 0 Å². The summed E-state index contributed by atoms with van der Waals surface area (Å²) in [5.74, 6) is 1.29. The topological polar surface area (TPSA) is 36.3 Å². The van der Waals surface area contributed by atoms with Crippen molar-refractivity contribution in [3.8, 4) is 0 Å². The van der Waals surface area contributed by atoms with Gasteiger partial charge in [-0.05, 0) is 18.6 Å². The molecule has 0 N–H and O–H groups in total. The highest BCUT2D eigenvalue weighted by molar-refractivity contribution is 6.16. The van der Waals surface area contributed by atoms with Crippen LogP contribution >= 0.6 is 11.6 Å². The molecule has 1 aromatic carbocycles. The average molecular weight is 295 g/mol. The minimum atomic E-state index is -0.266. The van der Waals surface area contributed by atoms with E-state index < -0.39 is 0 Å². The van der Waals surface area contributed by atoms with Gasteiger partial charge >= 0.3 is 0 Å². The predicted octanol–water partition coefficient (Wildman–Crippen LogP) is 2.89. The largest absolute Gasteiger partial charge is 0.378 e. The average Bonchev–Trinajstić information content (AvgIpc) is 3.06. The Bertz CT molecular complexity index is 618.